The molecule has 0 aromatic carbocycles. The van der Waals surface area contributed by atoms with Gasteiger partial charge in [0.1, 0.15) is 17.7 Å². The maximum absolute atomic E-state index is 12.4. The monoisotopic (exact) mass is 291 g/mol. The molecule has 6 nitrogen and oxygen atoms in total. The number of H-pyrrole nitrogens is 1. The van der Waals surface area contributed by atoms with E-state index in [9.17, 15) is 4.79 Å². The molecular formula is C13H17N5OS. The fourth-order valence-corrected chi connectivity index (χ4v) is 2.77. The fourth-order valence-electron chi connectivity index (χ4n) is 2.61. The first-order chi connectivity index (χ1) is 9.70. The number of nitrogens with one attached hydrogen (secondary N) is 1. The van der Waals surface area contributed by atoms with Gasteiger partial charge in [0.2, 0.25) is 5.91 Å². The molecule has 0 bridgehead atoms. The molecule has 3 rings (SSSR count). The van der Waals surface area contributed by atoms with Gasteiger partial charge in [-0.1, -0.05) is 6.92 Å². The van der Waals surface area contributed by atoms with Crippen molar-refractivity contribution in [2.45, 2.75) is 25.8 Å². The molecule has 20 heavy (non-hydrogen) atoms. The topological polar surface area (TPSA) is 74.8 Å². The molecule has 2 atom stereocenters. The van der Waals surface area contributed by atoms with Crippen LogP contribution in [0.4, 0.5) is 0 Å². The zero-order valence-corrected chi connectivity index (χ0v) is 12.2. The standard InChI is InChI=1S/C13H17N5OS/c1-8(6-20)13(19)18-4-2-3-10(18)12-16-9-5-14-7-15-11(9)17-12/h5,7-8,10,20H,2-4,6H2,1H3,(H,14,15,16,17)/t8-,10-/m1/s1. The average molecular weight is 291 g/mol. The van der Waals surface area contributed by atoms with Gasteiger partial charge < -0.3 is 9.88 Å². The van der Waals surface area contributed by atoms with Gasteiger partial charge >= 0.3 is 0 Å². The highest BCUT2D eigenvalue weighted by Gasteiger charge is 2.33. The van der Waals surface area contributed by atoms with Crippen molar-refractivity contribution in [3.8, 4) is 0 Å². The lowest BCUT2D eigenvalue weighted by atomic mass is 10.1. The van der Waals surface area contributed by atoms with Gasteiger partial charge in [-0.15, -0.1) is 0 Å². The summed E-state index contributed by atoms with van der Waals surface area (Å²) in [5.74, 6) is 1.45. The lowest BCUT2D eigenvalue weighted by Crippen LogP contribution is -2.35. The lowest BCUT2D eigenvalue weighted by molar-refractivity contribution is -0.135. The van der Waals surface area contributed by atoms with Gasteiger partial charge in [-0.05, 0) is 12.8 Å². The number of likely N-dealkylation sites (tertiary alicyclic amines) is 1. The van der Waals surface area contributed by atoms with Crippen LogP contribution in [0.5, 0.6) is 0 Å². The SMILES string of the molecule is C[C@H](CS)C(=O)N1CCC[C@@H]1c1nc2ncncc2[nH]1. The Morgan fingerprint density at radius 1 is 1.65 bits per heavy atom. The number of nitrogens with zero attached hydrogens (tertiary/aromatic N) is 4. The molecule has 0 spiro atoms. The Bertz CT molecular complexity index is 595. The highest BCUT2D eigenvalue weighted by Crippen LogP contribution is 2.32. The summed E-state index contributed by atoms with van der Waals surface area (Å²) in [5.41, 5.74) is 1.46. The van der Waals surface area contributed by atoms with Crippen LogP contribution < -0.4 is 0 Å². The minimum atomic E-state index is -0.0666. The molecule has 0 aliphatic carbocycles. The third-order valence-electron chi connectivity index (χ3n) is 3.73. The van der Waals surface area contributed by atoms with Crippen LogP contribution in [-0.2, 0) is 4.79 Å². The van der Waals surface area contributed by atoms with E-state index in [1.165, 1.54) is 6.33 Å². The predicted molar refractivity (Wildman–Crippen MR) is 78.4 cm³/mol. The molecular weight excluding hydrogens is 274 g/mol. The molecule has 1 N–H and O–H groups in total. The summed E-state index contributed by atoms with van der Waals surface area (Å²) >= 11 is 4.22. The van der Waals surface area contributed by atoms with Crippen LogP contribution in [-0.4, -0.2) is 43.0 Å². The van der Waals surface area contributed by atoms with Crippen molar-refractivity contribution in [2.24, 2.45) is 5.92 Å². The summed E-state index contributed by atoms with van der Waals surface area (Å²) in [6.45, 7) is 2.69. The number of fused-ring (bicyclic) bond motifs is 1. The molecule has 7 heteroatoms. The van der Waals surface area contributed by atoms with Crippen molar-refractivity contribution in [3.05, 3.63) is 18.3 Å². The maximum atomic E-state index is 12.4. The van der Waals surface area contributed by atoms with E-state index in [-0.39, 0.29) is 17.9 Å². The number of aromatic nitrogens is 4. The molecule has 0 saturated carbocycles. The van der Waals surface area contributed by atoms with E-state index in [1.54, 1.807) is 6.20 Å². The Morgan fingerprint density at radius 3 is 3.25 bits per heavy atom. The number of amides is 1. The van der Waals surface area contributed by atoms with Gasteiger partial charge in [-0.2, -0.15) is 12.6 Å². The maximum Gasteiger partial charge on any atom is 0.226 e. The summed E-state index contributed by atoms with van der Waals surface area (Å²) in [7, 11) is 0. The van der Waals surface area contributed by atoms with Gasteiger partial charge in [0.15, 0.2) is 5.65 Å². The molecule has 0 radical (unpaired) electrons. The van der Waals surface area contributed by atoms with Gasteiger partial charge in [0, 0.05) is 18.2 Å². The lowest BCUT2D eigenvalue weighted by Gasteiger charge is -2.25. The smallest absolute Gasteiger partial charge is 0.226 e. The van der Waals surface area contributed by atoms with E-state index in [0.717, 1.165) is 30.7 Å². The second-order valence-electron chi connectivity index (χ2n) is 5.16. The molecule has 3 heterocycles. The number of imidazole rings is 1. The highest BCUT2D eigenvalue weighted by molar-refractivity contribution is 7.80. The first-order valence-electron chi connectivity index (χ1n) is 6.77. The molecule has 1 aliphatic rings. The normalized spacial score (nSPS) is 20.5. The summed E-state index contributed by atoms with van der Waals surface area (Å²) in [4.78, 5) is 30.1. The van der Waals surface area contributed by atoms with Crippen molar-refractivity contribution in [1.82, 2.24) is 24.8 Å². The van der Waals surface area contributed by atoms with Crippen molar-refractivity contribution in [1.29, 1.82) is 0 Å². The number of aromatic amines is 1. The van der Waals surface area contributed by atoms with E-state index in [2.05, 4.69) is 32.6 Å². The van der Waals surface area contributed by atoms with Gasteiger partial charge in [0.25, 0.3) is 0 Å². The number of hydrogen-bond acceptors (Lipinski definition) is 5. The minimum Gasteiger partial charge on any atom is -0.338 e. The number of hydrogen-bond donors (Lipinski definition) is 2. The first-order valence-corrected chi connectivity index (χ1v) is 7.41. The van der Waals surface area contributed by atoms with Crippen molar-refractivity contribution < 1.29 is 4.79 Å². The van der Waals surface area contributed by atoms with E-state index < -0.39 is 0 Å². The quantitative estimate of drug-likeness (QED) is 0.842. The van der Waals surface area contributed by atoms with Crippen molar-refractivity contribution in [3.63, 3.8) is 0 Å². The van der Waals surface area contributed by atoms with Crippen molar-refractivity contribution >= 4 is 29.7 Å². The van der Waals surface area contributed by atoms with E-state index in [1.807, 2.05) is 11.8 Å². The van der Waals surface area contributed by atoms with Crippen LogP contribution in [0.2, 0.25) is 0 Å². The zero-order valence-electron chi connectivity index (χ0n) is 11.3. The molecule has 106 valence electrons. The first kappa shape index (κ1) is 13.4. The Morgan fingerprint density at radius 2 is 2.50 bits per heavy atom. The minimum absolute atomic E-state index is 0.0130. The van der Waals surface area contributed by atoms with E-state index in [4.69, 9.17) is 0 Å². The van der Waals surface area contributed by atoms with E-state index in [0.29, 0.717) is 11.4 Å². The van der Waals surface area contributed by atoms with Crippen LogP contribution in [0.15, 0.2) is 12.5 Å². The Labute approximate surface area is 122 Å². The van der Waals surface area contributed by atoms with Crippen LogP contribution >= 0.6 is 12.6 Å². The largest absolute Gasteiger partial charge is 0.338 e. The Hall–Kier alpha value is -1.63. The Kier molecular flexibility index (Phi) is 3.60. The van der Waals surface area contributed by atoms with Crippen LogP contribution in [0, 0.1) is 5.92 Å². The fraction of sp³-hybridized carbons (Fsp3) is 0.538. The van der Waals surface area contributed by atoms with Gasteiger partial charge in [0.05, 0.1) is 12.2 Å². The zero-order chi connectivity index (χ0) is 14.1. The van der Waals surface area contributed by atoms with E-state index >= 15 is 0 Å². The van der Waals surface area contributed by atoms with Crippen LogP contribution in [0.1, 0.15) is 31.6 Å². The number of thiol groups is 1. The summed E-state index contributed by atoms with van der Waals surface area (Å²) < 4.78 is 0. The number of carbonyl (C=O) groups is 1. The molecule has 1 saturated heterocycles. The summed E-state index contributed by atoms with van der Waals surface area (Å²) in [6.07, 6.45) is 5.11. The van der Waals surface area contributed by atoms with Crippen molar-refractivity contribution in [2.75, 3.05) is 12.3 Å². The second-order valence-corrected chi connectivity index (χ2v) is 5.52. The third kappa shape index (κ3) is 2.26. The van der Waals surface area contributed by atoms with Crippen LogP contribution in [0.25, 0.3) is 11.2 Å². The average Bonchev–Trinajstić information content (AvgIpc) is 3.10. The number of rotatable bonds is 3. The highest BCUT2D eigenvalue weighted by atomic mass is 32.1. The van der Waals surface area contributed by atoms with Crippen LogP contribution in [0.3, 0.4) is 0 Å². The molecule has 2 aromatic rings. The van der Waals surface area contributed by atoms with Gasteiger partial charge in [-0.3, -0.25) is 4.79 Å². The summed E-state index contributed by atoms with van der Waals surface area (Å²) in [6, 6.07) is 0.0130. The number of carbonyl (C=O) groups excluding carboxylic acids is 1. The second kappa shape index (κ2) is 5.40. The summed E-state index contributed by atoms with van der Waals surface area (Å²) in [5, 5.41) is 0. The molecule has 1 fully saturated rings. The predicted octanol–water partition coefficient (Wildman–Crippen LogP) is 1.58. The molecule has 1 aliphatic heterocycles. The molecule has 2 aromatic heterocycles. The molecule has 0 unspecified atom stereocenters. The van der Waals surface area contributed by atoms with Gasteiger partial charge in [-0.25, -0.2) is 15.0 Å². The third-order valence-corrected chi connectivity index (χ3v) is 4.27. The molecule has 1 amide bonds. The Balaban J connectivity index is 1.90.